The van der Waals surface area contributed by atoms with E-state index in [1.54, 1.807) is 0 Å². The number of anilines is 2. The van der Waals surface area contributed by atoms with Gasteiger partial charge in [0.05, 0.1) is 23.7 Å². The van der Waals surface area contributed by atoms with Gasteiger partial charge in [-0.15, -0.1) is 0 Å². The molecular weight excluding hydrogens is 271 g/mol. The van der Waals surface area contributed by atoms with Crippen molar-refractivity contribution in [3.8, 4) is 5.75 Å². The summed E-state index contributed by atoms with van der Waals surface area (Å²) in [4.78, 5) is 0. The van der Waals surface area contributed by atoms with Crippen LogP contribution in [0.15, 0.2) is 12.1 Å². The van der Waals surface area contributed by atoms with E-state index in [4.69, 9.17) is 10.5 Å². The van der Waals surface area contributed by atoms with E-state index in [0.717, 1.165) is 18.7 Å². The van der Waals surface area contributed by atoms with Gasteiger partial charge in [0, 0.05) is 24.9 Å². The van der Waals surface area contributed by atoms with Crippen LogP contribution in [-0.2, 0) is 9.84 Å². The van der Waals surface area contributed by atoms with E-state index in [0.29, 0.717) is 12.3 Å². The molecule has 0 heterocycles. The maximum Gasteiger partial charge on any atom is 0.167 e. The zero-order chi connectivity index (χ0) is 14.5. The molecule has 0 atom stereocenters. The van der Waals surface area contributed by atoms with Crippen molar-refractivity contribution < 1.29 is 17.5 Å². The summed E-state index contributed by atoms with van der Waals surface area (Å²) < 4.78 is 40.8. The lowest BCUT2D eigenvalue weighted by Crippen LogP contribution is -2.15. The van der Waals surface area contributed by atoms with Crippen molar-refractivity contribution in [1.29, 1.82) is 0 Å². The van der Waals surface area contributed by atoms with Gasteiger partial charge in [-0.3, -0.25) is 0 Å². The summed E-state index contributed by atoms with van der Waals surface area (Å²) in [5.41, 5.74) is 6.35. The molecule has 0 radical (unpaired) electrons. The summed E-state index contributed by atoms with van der Waals surface area (Å²) in [7, 11) is -3.05. The van der Waals surface area contributed by atoms with Gasteiger partial charge < -0.3 is 15.8 Å². The van der Waals surface area contributed by atoms with Gasteiger partial charge >= 0.3 is 0 Å². The number of hydrogen-bond donors (Lipinski definition) is 2. The van der Waals surface area contributed by atoms with Crippen LogP contribution in [0.3, 0.4) is 0 Å². The van der Waals surface area contributed by atoms with Gasteiger partial charge in [-0.1, -0.05) is 6.92 Å². The summed E-state index contributed by atoms with van der Waals surface area (Å²) in [6, 6.07) is 2.61. The molecule has 3 N–H and O–H groups in total. The molecule has 0 fully saturated rings. The highest BCUT2D eigenvalue weighted by atomic mass is 32.2. The summed E-state index contributed by atoms with van der Waals surface area (Å²) in [6.45, 7) is 2.53. The SMILES string of the molecule is CCCOc1cc(NCCS(C)(=O)=O)c(N)cc1F. The standard InChI is InChI=1S/C12H19FN2O3S/c1-3-5-18-12-8-11(10(14)7-9(12)13)15-4-6-19(2,16)17/h7-8,15H,3-6,14H2,1-2H3. The van der Waals surface area contributed by atoms with Crippen molar-refractivity contribution in [2.24, 2.45) is 0 Å². The Bertz CT molecular complexity index is 532. The number of sulfone groups is 1. The third-order valence-electron chi connectivity index (χ3n) is 2.35. The highest BCUT2D eigenvalue weighted by molar-refractivity contribution is 7.90. The van der Waals surface area contributed by atoms with Crippen LogP contribution in [0, 0.1) is 5.82 Å². The Morgan fingerprint density at radius 3 is 2.68 bits per heavy atom. The van der Waals surface area contributed by atoms with Gasteiger partial charge in [-0.2, -0.15) is 0 Å². The topological polar surface area (TPSA) is 81.4 Å². The van der Waals surface area contributed by atoms with Crippen LogP contribution in [0.5, 0.6) is 5.75 Å². The van der Waals surface area contributed by atoms with Gasteiger partial charge in [0.25, 0.3) is 0 Å². The van der Waals surface area contributed by atoms with Gasteiger partial charge in [-0.05, 0) is 6.42 Å². The average Bonchev–Trinajstić information content (AvgIpc) is 2.29. The van der Waals surface area contributed by atoms with Crippen LogP contribution in [0.4, 0.5) is 15.8 Å². The zero-order valence-corrected chi connectivity index (χ0v) is 11.9. The summed E-state index contributed by atoms with van der Waals surface area (Å²) in [5.74, 6) is -0.438. The number of halogens is 1. The van der Waals surface area contributed by atoms with Crippen LogP contribution in [0.25, 0.3) is 0 Å². The minimum absolute atomic E-state index is 0.0189. The first-order valence-electron chi connectivity index (χ1n) is 5.97. The highest BCUT2D eigenvalue weighted by Gasteiger charge is 2.09. The van der Waals surface area contributed by atoms with Gasteiger partial charge in [-0.25, -0.2) is 12.8 Å². The Balaban J connectivity index is 2.76. The lowest BCUT2D eigenvalue weighted by Gasteiger charge is -2.12. The normalized spacial score (nSPS) is 11.3. The molecule has 0 aromatic heterocycles. The van der Waals surface area contributed by atoms with Gasteiger partial charge in [0.15, 0.2) is 11.6 Å². The van der Waals surface area contributed by atoms with Gasteiger partial charge in [0.1, 0.15) is 9.84 Å². The van der Waals surface area contributed by atoms with Gasteiger partial charge in [0.2, 0.25) is 0 Å². The number of nitrogens with two attached hydrogens (primary N) is 1. The number of ether oxygens (including phenoxy) is 1. The second-order valence-corrected chi connectivity index (χ2v) is 6.53. The van der Waals surface area contributed by atoms with Crippen molar-refractivity contribution in [2.45, 2.75) is 13.3 Å². The third kappa shape index (κ3) is 5.34. The Hall–Kier alpha value is -1.50. The first kappa shape index (κ1) is 15.6. The molecular formula is C12H19FN2O3S. The molecule has 0 bridgehead atoms. The molecule has 1 rings (SSSR count). The fraction of sp³-hybridized carbons (Fsp3) is 0.500. The zero-order valence-electron chi connectivity index (χ0n) is 11.1. The molecule has 0 aliphatic carbocycles. The van der Waals surface area contributed by atoms with E-state index < -0.39 is 15.7 Å². The monoisotopic (exact) mass is 290 g/mol. The second-order valence-electron chi connectivity index (χ2n) is 4.27. The van der Waals surface area contributed by atoms with Crippen molar-refractivity contribution in [3.63, 3.8) is 0 Å². The molecule has 0 spiro atoms. The van der Waals surface area contributed by atoms with Crippen LogP contribution in [0.1, 0.15) is 13.3 Å². The number of nitrogen functional groups attached to an aromatic ring is 1. The highest BCUT2D eigenvalue weighted by Crippen LogP contribution is 2.28. The summed E-state index contributed by atoms with van der Waals surface area (Å²) in [5, 5.41) is 2.86. The number of hydrogen-bond acceptors (Lipinski definition) is 5. The molecule has 0 amide bonds. The van der Waals surface area contributed by atoms with Crippen molar-refractivity contribution in [3.05, 3.63) is 17.9 Å². The van der Waals surface area contributed by atoms with Crippen molar-refractivity contribution in [1.82, 2.24) is 0 Å². The molecule has 0 saturated heterocycles. The second kappa shape index (κ2) is 6.60. The van der Waals surface area contributed by atoms with E-state index >= 15 is 0 Å². The number of nitrogens with one attached hydrogen (secondary N) is 1. The van der Waals surface area contributed by atoms with Crippen LogP contribution in [-0.4, -0.2) is 33.6 Å². The predicted octanol–water partition coefficient (Wildman–Crippen LogP) is 1.65. The minimum Gasteiger partial charge on any atom is -0.490 e. The maximum absolute atomic E-state index is 13.5. The third-order valence-corrected chi connectivity index (χ3v) is 3.30. The fourth-order valence-corrected chi connectivity index (χ4v) is 1.89. The molecule has 0 aliphatic heterocycles. The first-order chi connectivity index (χ1) is 8.83. The van der Waals surface area contributed by atoms with E-state index in [2.05, 4.69) is 5.32 Å². The Kier molecular flexibility index (Phi) is 5.41. The van der Waals surface area contributed by atoms with Crippen molar-refractivity contribution in [2.75, 3.05) is 36.2 Å². The van der Waals surface area contributed by atoms with Crippen LogP contribution in [0.2, 0.25) is 0 Å². The largest absolute Gasteiger partial charge is 0.490 e. The quantitative estimate of drug-likeness (QED) is 0.746. The first-order valence-corrected chi connectivity index (χ1v) is 8.03. The molecule has 5 nitrogen and oxygen atoms in total. The lowest BCUT2D eigenvalue weighted by atomic mass is 10.2. The van der Waals surface area contributed by atoms with E-state index in [1.807, 2.05) is 6.92 Å². The average molecular weight is 290 g/mol. The molecule has 108 valence electrons. The maximum atomic E-state index is 13.5. The molecule has 1 aromatic rings. The molecule has 0 unspecified atom stereocenters. The lowest BCUT2D eigenvalue weighted by molar-refractivity contribution is 0.301. The van der Waals surface area contributed by atoms with E-state index in [1.165, 1.54) is 6.07 Å². The Morgan fingerprint density at radius 2 is 2.11 bits per heavy atom. The van der Waals surface area contributed by atoms with E-state index in [9.17, 15) is 12.8 Å². The molecule has 0 aliphatic rings. The van der Waals surface area contributed by atoms with Crippen LogP contribution >= 0.6 is 0 Å². The molecule has 0 saturated carbocycles. The number of benzene rings is 1. The smallest absolute Gasteiger partial charge is 0.167 e. The Morgan fingerprint density at radius 1 is 1.42 bits per heavy atom. The van der Waals surface area contributed by atoms with Crippen molar-refractivity contribution >= 4 is 21.2 Å². The summed E-state index contributed by atoms with van der Waals surface area (Å²) >= 11 is 0. The molecule has 1 aromatic carbocycles. The van der Waals surface area contributed by atoms with E-state index in [-0.39, 0.29) is 23.7 Å². The minimum atomic E-state index is -3.05. The molecule has 19 heavy (non-hydrogen) atoms. The Labute approximate surface area is 112 Å². The number of rotatable bonds is 7. The fourth-order valence-electron chi connectivity index (χ4n) is 1.42. The predicted molar refractivity (Wildman–Crippen MR) is 74.8 cm³/mol. The van der Waals surface area contributed by atoms with Crippen LogP contribution < -0.4 is 15.8 Å². The summed E-state index contributed by atoms with van der Waals surface area (Å²) in [6.07, 6.45) is 1.92. The molecule has 7 heteroatoms.